The van der Waals surface area contributed by atoms with Crippen molar-refractivity contribution >= 4 is 0 Å². The van der Waals surface area contributed by atoms with Crippen molar-refractivity contribution in [2.45, 2.75) is 0 Å². The van der Waals surface area contributed by atoms with E-state index in [0.717, 1.165) is 5.56 Å². The van der Waals surface area contributed by atoms with Gasteiger partial charge in [-0.15, -0.1) is 0 Å². The van der Waals surface area contributed by atoms with E-state index >= 15 is 0 Å². The molecule has 1 N–H and O–H groups in total. The summed E-state index contributed by atoms with van der Waals surface area (Å²) in [4.78, 5) is 0. The van der Waals surface area contributed by atoms with Crippen molar-refractivity contribution in [1.82, 2.24) is 19.6 Å². The number of hydrogen-bond donors (Lipinski definition) is 1. The molecule has 5 heteroatoms. The second kappa shape index (κ2) is 2.62. The number of rotatable bonds is 1. The fourth-order valence-corrected chi connectivity index (χ4v) is 1.30. The van der Waals surface area contributed by atoms with Crippen LogP contribution in [0.15, 0.2) is 18.6 Å². The standard InChI is InChI=1S/C8H10N4O/c1-11-5-6(3-9-11)8-7(13)4-10-12(8)2/h3-5,13H,1-2H3. The molecule has 0 aliphatic carbocycles. The molecule has 0 atom stereocenters. The number of aromatic nitrogens is 4. The average Bonchev–Trinajstić information content (AvgIpc) is 2.60. The zero-order valence-electron chi connectivity index (χ0n) is 7.47. The van der Waals surface area contributed by atoms with Crippen LogP contribution in [0.5, 0.6) is 5.75 Å². The van der Waals surface area contributed by atoms with Crippen LogP contribution in [0.25, 0.3) is 11.3 Å². The highest BCUT2D eigenvalue weighted by Crippen LogP contribution is 2.26. The molecule has 2 aromatic heterocycles. The zero-order chi connectivity index (χ0) is 9.42. The smallest absolute Gasteiger partial charge is 0.161 e. The van der Waals surface area contributed by atoms with Crippen LogP contribution in [0.3, 0.4) is 0 Å². The van der Waals surface area contributed by atoms with Gasteiger partial charge in [-0.1, -0.05) is 0 Å². The summed E-state index contributed by atoms with van der Waals surface area (Å²) in [5, 5.41) is 17.4. The maximum atomic E-state index is 9.47. The Morgan fingerprint density at radius 2 is 2.00 bits per heavy atom. The molecule has 68 valence electrons. The largest absolute Gasteiger partial charge is 0.504 e. The Bertz CT molecular complexity index is 410. The van der Waals surface area contributed by atoms with Crippen LogP contribution in [-0.2, 0) is 14.1 Å². The van der Waals surface area contributed by atoms with Crippen molar-refractivity contribution in [1.29, 1.82) is 0 Å². The van der Waals surface area contributed by atoms with Gasteiger partial charge in [0, 0.05) is 25.9 Å². The maximum Gasteiger partial charge on any atom is 0.161 e. The first-order chi connectivity index (χ1) is 6.18. The molecule has 0 radical (unpaired) electrons. The molecule has 13 heavy (non-hydrogen) atoms. The highest BCUT2D eigenvalue weighted by molar-refractivity contribution is 5.64. The van der Waals surface area contributed by atoms with Gasteiger partial charge in [0.15, 0.2) is 5.75 Å². The van der Waals surface area contributed by atoms with Crippen molar-refractivity contribution < 1.29 is 5.11 Å². The number of aryl methyl sites for hydroxylation is 2. The van der Waals surface area contributed by atoms with Crippen LogP contribution in [0, 0.1) is 0 Å². The van der Waals surface area contributed by atoms with Gasteiger partial charge in [-0.05, 0) is 0 Å². The molecule has 0 bridgehead atoms. The summed E-state index contributed by atoms with van der Waals surface area (Å²) in [6.07, 6.45) is 4.94. The lowest BCUT2D eigenvalue weighted by Crippen LogP contribution is -1.92. The minimum absolute atomic E-state index is 0.176. The SMILES string of the molecule is Cn1cc(-c2c(O)cnn2C)cn1. The second-order valence-corrected chi connectivity index (χ2v) is 2.90. The van der Waals surface area contributed by atoms with Gasteiger partial charge in [0.05, 0.1) is 12.4 Å². The molecular formula is C8H10N4O. The van der Waals surface area contributed by atoms with Gasteiger partial charge in [-0.3, -0.25) is 9.36 Å². The Hall–Kier alpha value is -1.78. The third kappa shape index (κ3) is 1.18. The van der Waals surface area contributed by atoms with Gasteiger partial charge in [0.1, 0.15) is 5.69 Å². The highest BCUT2D eigenvalue weighted by Gasteiger charge is 2.10. The van der Waals surface area contributed by atoms with Crippen LogP contribution in [0.1, 0.15) is 0 Å². The van der Waals surface area contributed by atoms with Gasteiger partial charge in [0.2, 0.25) is 0 Å². The quantitative estimate of drug-likeness (QED) is 0.692. The maximum absolute atomic E-state index is 9.47. The third-order valence-corrected chi connectivity index (χ3v) is 1.90. The van der Waals surface area contributed by atoms with Gasteiger partial charge in [0.25, 0.3) is 0 Å². The van der Waals surface area contributed by atoms with Gasteiger partial charge in [-0.2, -0.15) is 10.2 Å². The molecule has 0 amide bonds. The first-order valence-electron chi connectivity index (χ1n) is 3.88. The summed E-state index contributed by atoms with van der Waals surface area (Å²) in [5.41, 5.74) is 1.55. The summed E-state index contributed by atoms with van der Waals surface area (Å²) in [6, 6.07) is 0. The molecule has 0 spiro atoms. The fourth-order valence-electron chi connectivity index (χ4n) is 1.30. The Kier molecular flexibility index (Phi) is 1.58. The first kappa shape index (κ1) is 7.85. The number of aromatic hydroxyl groups is 1. The Labute approximate surface area is 75.2 Å². The molecule has 0 fully saturated rings. The molecule has 2 rings (SSSR count). The van der Waals surface area contributed by atoms with E-state index in [0.29, 0.717) is 5.69 Å². The molecular weight excluding hydrogens is 168 g/mol. The van der Waals surface area contributed by atoms with Crippen LogP contribution < -0.4 is 0 Å². The lowest BCUT2D eigenvalue weighted by Gasteiger charge is -1.97. The van der Waals surface area contributed by atoms with Crippen molar-refractivity contribution in [3.63, 3.8) is 0 Å². The lowest BCUT2D eigenvalue weighted by molar-refractivity contribution is 0.477. The first-order valence-corrected chi connectivity index (χ1v) is 3.88. The molecule has 0 aliphatic heterocycles. The number of hydrogen-bond acceptors (Lipinski definition) is 3. The number of nitrogens with zero attached hydrogens (tertiary/aromatic N) is 4. The molecule has 0 saturated carbocycles. The summed E-state index contributed by atoms with van der Waals surface area (Å²) in [7, 11) is 3.61. The van der Waals surface area contributed by atoms with E-state index in [4.69, 9.17) is 0 Å². The van der Waals surface area contributed by atoms with Crippen LogP contribution in [0.4, 0.5) is 0 Å². The fraction of sp³-hybridized carbons (Fsp3) is 0.250. The minimum atomic E-state index is 0.176. The topological polar surface area (TPSA) is 55.9 Å². The predicted molar refractivity (Wildman–Crippen MR) is 47.1 cm³/mol. The summed E-state index contributed by atoms with van der Waals surface area (Å²) in [6.45, 7) is 0. The Morgan fingerprint density at radius 3 is 2.46 bits per heavy atom. The normalized spacial score (nSPS) is 10.6. The van der Waals surface area contributed by atoms with Crippen molar-refractivity contribution in [3.8, 4) is 17.0 Å². The molecule has 0 unspecified atom stereocenters. The van der Waals surface area contributed by atoms with E-state index in [1.165, 1.54) is 6.20 Å². The van der Waals surface area contributed by atoms with E-state index in [1.54, 1.807) is 22.6 Å². The van der Waals surface area contributed by atoms with Crippen molar-refractivity contribution in [2.75, 3.05) is 0 Å². The summed E-state index contributed by atoms with van der Waals surface area (Å²) in [5.74, 6) is 0.176. The van der Waals surface area contributed by atoms with Crippen LogP contribution in [0.2, 0.25) is 0 Å². The van der Waals surface area contributed by atoms with E-state index in [2.05, 4.69) is 10.2 Å². The van der Waals surface area contributed by atoms with Crippen LogP contribution >= 0.6 is 0 Å². The Balaban J connectivity index is 2.57. The molecule has 2 heterocycles. The predicted octanol–water partition coefficient (Wildman–Crippen LogP) is 0.526. The highest BCUT2D eigenvalue weighted by atomic mass is 16.3. The van der Waals surface area contributed by atoms with E-state index in [9.17, 15) is 5.11 Å². The lowest BCUT2D eigenvalue weighted by atomic mass is 10.2. The summed E-state index contributed by atoms with van der Waals surface area (Å²) >= 11 is 0. The van der Waals surface area contributed by atoms with E-state index in [1.807, 2.05) is 13.2 Å². The minimum Gasteiger partial charge on any atom is -0.504 e. The van der Waals surface area contributed by atoms with Gasteiger partial charge in [-0.25, -0.2) is 0 Å². The molecule has 0 aromatic carbocycles. The van der Waals surface area contributed by atoms with Crippen molar-refractivity contribution in [2.24, 2.45) is 14.1 Å². The monoisotopic (exact) mass is 178 g/mol. The van der Waals surface area contributed by atoms with Gasteiger partial charge >= 0.3 is 0 Å². The van der Waals surface area contributed by atoms with E-state index < -0.39 is 0 Å². The van der Waals surface area contributed by atoms with Gasteiger partial charge < -0.3 is 5.11 Å². The molecule has 0 saturated heterocycles. The average molecular weight is 178 g/mol. The van der Waals surface area contributed by atoms with Crippen LogP contribution in [-0.4, -0.2) is 24.7 Å². The zero-order valence-corrected chi connectivity index (χ0v) is 7.47. The molecule has 0 aliphatic rings. The Morgan fingerprint density at radius 1 is 1.23 bits per heavy atom. The third-order valence-electron chi connectivity index (χ3n) is 1.90. The van der Waals surface area contributed by atoms with E-state index in [-0.39, 0.29) is 5.75 Å². The molecule has 5 nitrogen and oxygen atoms in total. The summed E-state index contributed by atoms with van der Waals surface area (Å²) < 4.78 is 3.30. The second-order valence-electron chi connectivity index (χ2n) is 2.90. The van der Waals surface area contributed by atoms with Crippen molar-refractivity contribution in [3.05, 3.63) is 18.6 Å². The molecule has 2 aromatic rings.